The fourth-order valence-electron chi connectivity index (χ4n) is 3.61. The summed E-state index contributed by atoms with van der Waals surface area (Å²) in [5.41, 5.74) is 1.33. The summed E-state index contributed by atoms with van der Waals surface area (Å²) in [7, 11) is 0. The maximum Gasteiger partial charge on any atom is 0.0406 e. The van der Waals surface area contributed by atoms with E-state index in [1.807, 2.05) is 12.1 Å². The Morgan fingerprint density at radius 2 is 1.95 bits per heavy atom. The van der Waals surface area contributed by atoms with E-state index in [1.54, 1.807) is 0 Å². The zero-order valence-corrected chi connectivity index (χ0v) is 12.4. The van der Waals surface area contributed by atoms with Crippen LogP contribution in [0.15, 0.2) is 24.3 Å². The molecule has 2 unspecified atom stereocenters. The van der Waals surface area contributed by atoms with Gasteiger partial charge in [0.15, 0.2) is 0 Å². The summed E-state index contributed by atoms with van der Waals surface area (Å²) < 4.78 is 0. The minimum atomic E-state index is 0.407. The number of piperidine rings is 1. The second-order valence-electron chi connectivity index (χ2n) is 5.93. The minimum absolute atomic E-state index is 0.407. The summed E-state index contributed by atoms with van der Waals surface area (Å²) in [5, 5.41) is 4.64. The average Bonchev–Trinajstić information content (AvgIpc) is 2.83. The number of nitrogens with one attached hydrogen (secondary N) is 1. The first-order valence-corrected chi connectivity index (χ1v) is 7.87. The molecule has 3 heteroatoms. The van der Waals surface area contributed by atoms with E-state index in [0.29, 0.717) is 12.1 Å². The van der Waals surface area contributed by atoms with E-state index in [9.17, 15) is 0 Å². The predicted octanol–water partition coefficient (Wildman–Crippen LogP) is 3.62. The Kier molecular flexibility index (Phi) is 4.11. The number of hydrogen-bond acceptors (Lipinski definition) is 2. The first-order chi connectivity index (χ1) is 9.24. The fraction of sp³-hybridized carbons (Fsp3) is 0.625. The lowest BCUT2D eigenvalue weighted by Crippen LogP contribution is -2.45. The Labute approximate surface area is 121 Å². The molecule has 2 saturated heterocycles. The number of hydrogen-bond donors (Lipinski definition) is 1. The van der Waals surface area contributed by atoms with E-state index in [1.165, 1.54) is 44.3 Å². The molecule has 0 amide bonds. The van der Waals surface area contributed by atoms with Gasteiger partial charge in [-0.2, -0.15) is 0 Å². The van der Waals surface area contributed by atoms with Crippen LogP contribution in [-0.4, -0.2) is 30.1 Å². The third-order valence-corrected chi connectivity index (χ3v) is 4.94. The van der Waals surface area contributed by atoms with Crippen molar-refractivity contribution in [1.29, 1.82) is 0 Å². The maximum absolute atomic E-state index is 5.95. The molecule has 1 aromatic carbocycles. The van der Waals surface area contributed by atoms with E-state index in [-0.39, 0.29) is 0 Å². The highest BCUT2D eigenvalue weighted by molar-refractivity contribution is 6.30. The van der Waals surface area contributed by atoms with Crippen LogP contribution in [0.1, 0.15) is 44.2 Å². The van der Waals surface area contributed by atoms with Crippen LogP contribution in [0.25, 0.3) is 0 Å². The Balaban J connectivity index is 1.63. The molecule has 0 saturated carbocycles. The Morgan fingerprint density at radius 3 is 2.74 bits per heavy atom. The van der Waals surface area contributed by atoms with Gasteiger partial charge in [-0.05, 0) is 50.4 Å². The normalized spacial score (nSPS) is 29.2. The molecule has 1 N–H and O–H groups in total. The molecule has 2 nitrogen and oxygen atoms in total. The van der Waals surface area contributed by atoms with Crippen molar-refractivity contribution in [3.05, 3.63) is 34.9 Å². The lowest BCUT2D eigenvalue weighted by atomic mass is 9.97. The quantitative estimate of drug-likeness (QED) is 0.909. The van der Waals surface area contributed by atoms with Crippen molar-refractivity contribution in [2.75, 3.05) is 13.1 Å². The van der Waals surface area contributed by atoms with Gasteiger partial charge in [-0.3, -0.25) is 4.90 Å². The average molecular weight is 279 g/mol. The number of benzene rings is 1. The lowest BCUT2D eigenvalue weighted by molar-refractivity contribution is 0.177. The van der Waals surface area contributed by atoms with Crippen LogP contribution in [0.3, 0.4) is 0 Å². The van der Waals surface area contributed by atoms with Gasteiger partial charge < -0.3 is 5.32 Å². The third-order valence-electron chi connectivity index (χ3n) is 4.69. The molecule has 0 bridgehead atoms. The van der Waals surface area contributed by atoms with Gasteiger partial charge in [0.1, 0.15) is 0 Å². The van der Waals surface area contributed by atoms with Crippen molar-refractivity contribution >= 4 is 11.6 Å². The van der Waals surface area contributed by atoms with Crippen molar-refractivity contribution in [3.8, 4) is 0 Å². The van der Waals surface area contributed by atoms with Crippen molar-refractivity contribution in [1.82, 2.24) is 10.2 Å². The van der Waals surface area contributed by atoms with Crippen LogP contribution >= 0.6 is 11.6 Å². The van der Waals surface area contributed by atoms with Gasteiger partial charge in [-0.1, -0.05) is 30.2 Å². The van der Waals surface area contributed by atoms with Gasteiger partial charge in [0.05, 0.1) is 0 Å². The summed E-state index contributed by atoms with van der Waals surface area (Å²) in [6, 6.07) is 10.1. The Morgan fingerprint density at radius 1 is 1.16 bits per heavy atom. The molecule has 2 heterocycles. The number of halogens is 1. The number of nitrogens with zero attached hydrogens (tertiary/aromatic N) is 1. The van der Waals surface area contributed by atoms with Crippen LogP contribution in [-0.2, 0) is 0 Å². The molecule has 19 heavy (non-hydrogen) atoms. The van der Waals surface area contributed by atoms with Crippen molar-refractivity contribution in [2.45, 2.75) is 50.7 Å². The highest BCUT2D eigenvalue weighted by Crippen LogP contribution is 2.29. The summed E-state index contributed by atoms with van der Waals surface area (Å²) in [5.74, 6) is 0. The molecule has 0 aliphatic carbocycles. The maximum atomic E-state index is 5.95. The van der Waals surface area contributed by atoms with Gasteiger partial charge in [0, 0.05) is 29.7 Å². The summed E-state index contributed by atoms with van der Waals surface area (Å²) in [4.78, 5) is 2.68. The molecule has 3 atom stereocenters. The molecule has 0 spiro atoms. The second-order valence-corrected chi connectivity index (χ2v) is 6.37. The smallest absolute Gasteiger partial charge is 0.0406 e. The first-order valence-electron chi connectivity index (χ1n) is 7.49. The fourth-order valence-corrected chi connectivity index (χ4v) is 3.74. The molecule has 1 aromatic rings. The molecule has 3 rings (SSSR count). The van der Waals surface area contributed by atoms with Gasteiger partial charge in [-0.15, -0.1) is 0 Å². The van der Waals surface area contributed by atoms with Gasteiger partial charge in [-0.25, -0.2) is 0 Å². The van der Waals surface area contributed by atoms with E-state index < -0.39 is 0 Å². The third kappa shape index (κ3) is 2.96. The molecule has 2 fully saturated rings. The van der Waals surface area contributed by atoms with Gasteiger partial charge >= 0.3 is 0 Å². The zero-order chi connectivity index (χ0) is 13.2. The van der Waals surface area contributed by atoms with Crippen LogP contribution in [0.2, 0.25) is 5.02 Å². The van der Waals surface area contributed by atoms with E-state index in [4.69, 9.17) is 11.6 Å². The van der Waals surface area contributed by atoms with Crippen molar-refractivity contribution in [3.63, 3.8) is 0 Å². The molecular weight excluding hydrogens is 256 g/mol. The minimum Gasteiger partial charge on any atom is -0.306 e. The Hall–Kier alpha value is -0.570. The van der Waals surface area contributed by atoms with E-state index >= 15 is 0 Å². The Bertz CT molecular complexity index is 417. The summed E-state index contributed by atoms with van der Waals surface area (Å²) in [6.07, 6.45) is 5.44. The van der Waals surface area contributed by atoms with Crippen molar-refractivity contribution < 1.29 is 0 Å². The standard InChI is InChI=1S/C16H23ClN2/c1-12(13-5-7-14(17)8-6-13)18-15-9-11-19-10-3-2-4-16(15)19/h5-8,12,15-16,18H,2-4,9-11H2,1H3/t12-,15?,16?/m0/s1. The largest absolute Gasteiger partial charge is 0.306 e. The van der Waals surface area contributed by atoms with Crippen LogP contribution in [0.4, 0.5) is 0 Å². The van der Waals surface area contributed by atoms with Gasteiger partial charge in [0.25, 0.3) is 0 Å². The SMILES string of the molecule is C[C@H](NC1CCN2CCCCC12)c1ccc(Cl)cc1. The molecule has 2 aliphatic rings. The highest BCUT2D eigenvalue weighted by atomic mass is 35.5. The number of fused-ring (bicyclic) bond motifs is 1. The summed E-state index contributed by atoms with van der Waals surface area (Å²) in [6.45, 7) is 4.84. The van der Waals surface area contributed by atoms with E-state index in [0.717, 1.165) is 11.1 Å². The van der Waals surface area contributed by atoms with E-state index in [2.05, 4.69) is 29.3 Å². The topological polar surface area (TPSA) is 15.3 Å². The van der Waals surface area contributed by atoms with Crippen LogP contribution in [0, 0.1) is 0 Å². The highest BCUT2D eigenvalue weighted by Gasteiger charge is 2.35. The van der Waals surface area contributed by atoms with Crippen LogP contribution < -0.4 is 5.32 Å². The lowest BCUT2D eigenvalue weighted by Gasteiger charge is -2.34. The molecule has 104 valence electrons. The van der Waals surface area contributed by atoms with Gasteiger partial charge in [0.2, 0.25) is 0 Å². The molecule has 0 aromatic heterocycles. The number of rotatable bonds is 3. The zero-order valence-electron chi connectivity index (χ0n) is 11.6. The summed E-state index contributed by atoms with van der Waals surface area (Å²) >= 11 is 5.95. The molecule has 0 radical (unpaired) electrons. The van der Waals surface area contributed by atoms with Crippen molar-refractivity contribution in [2.24, 2.45) is 0 Å². The molecule has 2 aliphatic heterocycles. The molecular formula is C16H23ClN2. The monoisotopic (exact) mass is 278 g/mol. The predicted molar refractivity (Wildman–Crippen MR) is 80.6 cm³/mol. The van der Waals surface area contributed by atoms with Crippen LogP contribution in [0.5, 0.6) is 0 Å². The first kappa shape index (κ1) is 13.4. The second kappa shape index (κ2) is 5.82.